The molecule has 2 aromatic heterocycles. The molecule has 0 bridgehead atoms. The number of aliphatic hydroxyl groups is 3. The Morgan fingerprint density at radius 3 is 2.67 bits per heavy atom. The second-order valence-electron chi connectivity index (χ2n) is 8.22. The Balaban J connectivity index is 0.00000259. The van der Waals surface area contributed by atoms with Gasteiger partial charge in [-0.25, -0.2) is 9.78 Å². The molecule has 2 aliphatic heterocycles. The van der Waals surface area contributed by atoms with Gasteiger partial charge in [-0.1, -0.05) is 25.1 Å². The Bertz CT molecular complexity index is 1340. The molecule has 2 aliphatic rings. The van der Waals surface area contributed by atoms with Gasteiger partial charge in [0.05, 0.1) is 35.1 Å². The van der Waals surface area contributed by atoms with E-state index in [9.17, 15) is 24.9 Å². The van der Waals surface area contributed by atoms with Gasteiger partial charge in [0.1, 0.15) is 12.7 Å². The predicted molar refractivity (Wildman–Crippen MR) is 122 cm³/mol. The van der Waals surface area contributed by atoms with Crippen LogP contribution in [-0.4, -0.2) is 43.5 Å². The second-order valence-corrected chi connectivity index (χ2v) is 8.22. The molecule has 1 aromatic carbocycles. The first-order chi connectivity index (χ1) is 15.3. The minimum atomic E-state index is -1.92. The summed E-state index contributed by atoms with van der Waals surface area (Å²) in [6.07, 6.45) is -2.43. The molecule has 0 saturated heterocycles. The van der Waals surface area contributed by atoms with Crippen LogP contribution in [-0.2, 0) is 28.3 Å². The fourth-order valence-electron chi connectivity index (χ4n) is 4.72. The van der Waals surface area contributed by atoms with Crippen LogP contribution in [0.3, 0.4) is 0 Å². The molecule has 0 amide bonds. The number of ether oxygens (including phenoxy) is 1. The van der Waals surface area contributed by atoms with E-state index in [-0.39, 0.29) is 49.7 Å². The quantitative estimate of drug-likeness (QED) is 0.319. The number of halogens is 1. The summed E-state index contributed by atoms with van der Waals surface area (Å²) in [5.74, 6) is -0.788. The van der Waals surface area contributed by atoms with E-state index >= 15 is 0 Å². The average molecular weight is 474 g/mol. The lowest BCUT2D eigenvalue weighted by molar-refractivity contribution is -0.172. The van der Waals surface area contributed by atoms with E-state index in [0.717, 1.165) is 0 Å². The van der Waals surface area contributed by atoms with Crippen LogP contribution in [0.5, 0.6) is 0 Å². The Morgan fingerprint density at radius 1 is 1.24 bits per heavy atom. The van der Waals surface area contributed by atoms with Crippen LogP contribution in [0.2, 0.25) is 0 Å². The van der Waals surface area contributed by atoms with Crippen molar-refractivity contribution in [3.63, 3.8) is 0 Å². The third-order valence-electron chi connectivity index (χ3n) is 6.54. The number of esters is 1. The van der Waals surface area contributed by atoms with Gasteiger partial charge in [-0.05, 0) is 24.1 Å². The highest BCUT2D eigenvalue weighted by Gasteiger charge is 2.45. The minimum Gasteiger partial charge on any atom is -0.458 e. The molecular formula is C23H24ClN3O6. The van der Waals surface area contributed by atoms with Crippen molar-refractivity contribution in [1.82, 2.24) is 9.55 Å². The number of aliphatic hydroxyl groups excluding tert-OH is 2. The van der Waals surface area contributed by atoms with Crippen molar-refractivity contribution in [3.05, 3.63) is 62.9 Å². The highest BCUT2D eigenvalue weighted by atomic mass is 35.5. The van der Waals surface area contributed by atoms with E-state index in [2.05, 4.69) is 0 Å². The molecule has 0 aliphatic carbocycles. The summed E-state index contributed by atoms with van der Waals surface area (Å²) in [5.41, 5.74) is 6.26. The van der Waals surface area contributed by atoms with Gasteiger partial charge < -0.3 is 30.4 Å². The zero-order chi connectivity index (χ0) is 22.8. The van der Waals surface area contributed by atoms with E-state index in [1.807, 2.05) is 0 Å². The van der Waals surface area contributed by atoms with E-state index in [4.69, 9.17) is 15.5 Å². The molecule has 2 unspecified atom stereocenters. The van der Waals surface area contributed by atoms with Crippen LogP contribution in [0.1, 0.15) is 41.7 Å². The maximum absolute atomic E-state index is 13.3. The predicted octanol–water partition coefficient (Wildman–Crippen LogP) is 0.854. The summed E-state index contributed by atoms with van der Waals surface area (Å²) in [4.78, 5) is 30.4. The zero-order valence-electron chi connectivity index (χ0n) is 17.8. The molecule has 0 fully saturated rings. The van der Waals surface area contributed by atoms with E-state index < -0.39 is 29.3 Å². The number of carbonyl (C=O) groups is 1. The van der Waals surface area contributed by atoms with Gasteiger partial charge >= 0.3 is 5.97 Å². The normalized spacial score (nSPS) is 20.3. The van der Waals surface area contributed by atoms with Crippen molar-refractivity contribution in [1.29, 1.82) is 0 Å². The molecule has 0 spiro atoms. The maximum Gasteiger partial charge on any atom is 0.343 e. The lowest BCUT2D eigenvalue weighted by atomic mass is 9.86. The number of hydrogen-bond acceptors (Lipinski definition) is 8. The molecule has 33 heavy (non-hydrogen) atoms. The van der Waals surface area contributed by atoms with Crippen LogP contribution >= 0.6 is 12.4 Å². The fourth-order valence-corrected chi connectivity index (χ4v) is 4.72. The third-order valence-corrected chi connectivity index (χ3v) is 6.54. The van der Waals surface area contributed by atoms with Crippen molar-refractivity contribution in [2.24, 2.45) is 5.73 Å². The van der Waals surface area contributed by atoms with Gasteiger partial charge in [-0.2, -0.15) is 0 Å². The molecule has 0 radical (unpaired) electrons. The molecule has 4 heterocycles. The van der Waals surface area contributed by atoms with Gasteiger partial charge in [0.2, 0.25) is 0 Å². The summed E-state index contributed by atoms with van der Waals surface area (Å²) in [6.45, 7) is 1.40. The van der Waals surface area contributed by atoms with Crippen molar-refractivity contribution in [2.45, 2.75) is 44.3 Å². The monoisotopic (exact) mass is 473 g/mol. The van der Waals surface area contributed by atoms with Crippen molar-refractivity contribution >= 4 is 29.3 Å². The molecule has 5 rings (SSSR count). The minimum absolute atomic E-state index is 0. The van der Waals surface area contributed by atoms with E-state index in [1.165, 1.54) is 4.57 Å². The number of carbonyl (C=O) groups excluding carboxylic acids is 1. The highest BCUT2D eigenvalue weighted by molar-refractivity contribution is 5.89. The van der Waals surface area contributed by atoms with Gasteiger partial charge in [-0.3, -0.25) is 4.79 Å². The van der Waals surface area contributed by atoms with Gasteiger partial charge in [0.25, 0.3) is 5.56 Å². The summed E-state index contributed by atoms with van der Waals surface area (Å²) in [7, 11) is 0. The maximum atomic E-state index is 13.3. The number of nitrogens with two attached hydrogens (primary N) is 1. The lowest BCUT2D eigenvalue weighted by Crippen LogP contribution is -2.44. The summed E-state index contributed by atoms with van der Waals surface area (Å²) >= 11 is 0. The number of benzene rings is 1. The van der Waals surface area contributed by atoms with Crippen molar-refractivity contribution < 1.29 is 24.9 Å². The third kappa shape index (κ3) is 3.19. The van der Waals surface area contributed by atoms with Crippen LogP contribution in [0.4, 0.5) is 0 Å². The number of rotatable bonds is 4. The number of fused-ring (bicyclic) bond motifs is 5. The number of para-hydroxylation sites is 1. The van der Waals surface area contributed by atoms with Crippen molar-refractivity contribution in [2.75, 3.05) is 6.54 Å². The number of cyclic esters (lactones) is 1. The number of nitrogens with zero attached hydrogens (tertiary/aromatic N) is 2. The van der Waals surface area contributed by atoms with Gasteiger partial charge in [0.15, 0.2) is 5.60 Å². The standard InChI is InChI=1S/C23H23N3O6.ClH/c1-2-23(31)14-7-16-19-12(9-26(16)21(29)13(14)10-32-22(23)30)18(20(28)17(27)8-24)11-5-3-4-6-15(11)25-19;/h3-7,17,20,27-28,31H,2,8-10,24H2,1H3;1H/t17?,20?,23-;/m0./s1. The Labute approximate surface area is 194 Å². The first kappa shape index (κ1) is 23.3. The number of aromatic nitrogens is 2. The van der Waals surface area contributed by atoms with Gasteiger partial charge in [-0.15, -0.1) is 12.4 Å². The van der Waals surface area contributed by atoms with Crippen LogP contribution in [0, 0.1) is 0 Å². The molecule has 3 atom stereocenters. The molecule has 5 N–H and O–H groups in total. The second kappa shape index (κ2) is 8.19. The zero-order valence-corrected chi connectivity index (χ0v) is 18.6. The van der Waals surface area contributed by atoms with Crippen LogP contribution in [0.25, 0.3) is 22.3 Å². The Morgan fingerprint density at radius 2 is 1.97 bits per heavy atom. The Kier molecular flexibility index (Phi) is 5.80. The molecule has 174 valence electrons. The molecule has 9 nitrogen and oxygen atoms in total. The van der Waals surface area contributed by atoms with Crippen LogP contribution < -0.4 is 11.3 Å². The fraction of sp³-hybridized carbons (Fsp3) is 0.348. The first-order valence-electron chi connectivity index (χ1n) is 10.5. The first-order valence-corrected chi connectivity index (χ1v) is 10.5. The molecule has 3 aromatic rings. The number of pyridine rings is 2. The largest absolute Gasteiger partial charge is 0.458 e. The molecule has 10 heteroatoms. The smallest absolute Gasteiger partial charge is 0.343 e. The topological polar surface area (TPSA) is 148 Å². The summed E-state index contributed by atoms with van der Waals surface area (Å²) in [6, 6.07) is 8.80. The molecular weight excluding hydrogens is 450 g/mol. The molecule has 0 saturated carbocycles. The van der Waals surface area contributed by atoms with Gasteiger partial charge in [0, 0.05) is 23.1 Å². The van der Waals surface area contributed by atoms with Crippen molar-refractivity contribution in [3.8, 4) is 11.4 Å². The number of hydrogen-bond donors (Lipinski definition) is 4. The Hall–Kier alpha value is -2.82. The summed E-state index contributed by atoms with van der Waals surface area (Å²) in [5, 5.41) is 32.9. The SMILES string of the molecule is CC[C@@]1(O)C(=O)OCc2c1cc1n(c2=O)Cc2c-1nc1ccccc1c2C(O)C(O)CN.Cl. The highest BCUT2D eigenvalue weighted by Crippen LogP contribution is 2.41. The average Bonchev–Trinajstić information content (AvgIpc) is 3.17. The summed E-state index contributed by atoms with van der Waals surface area (Å²) < 4.78 is 6.59. The van der Waals surface area contributed by atoms with E-state index in [0.29, 0.717) is 33.4 Å². The van der Waals surface area contributed by atoms with Crippen LogP contribution in [0.15, 0.2) is 35.1 Å². The lowest BCUT2D eigenvalue weighted by Gasteiger charge is -2.31. The van der Waals surface area contributed by atoms with E-state index in [1.54, 1.807) is 37.3 Å².